The van der Waals surface area contributed by atoms with Gasteiger partial charge in [0, 0.05) is 23.1 Å². The van der Waals surface area contributed by atoms with Crippen molar-refractivity contribution >= 4 is 40.8 Å². The first kappa shape index (κ1) is 13.5. The Hall–Kier alpha value is -1.98. The highest BCUT2D eigenvalue weighted by Gasteiger charge is 1.95. The maximum atomic E-state index is 5.79. The molecule has 1 aromatic heterocycles. The van der Waals surface area contributed by atoms with E-state index < -0.39 is 0 Å². The molecule has 1 aromatic carbocycles. The van der Waals surface area contributed by atoms with Crippen LogP contribution in [0.2, 0.25) is 5.02 Å². The van der Waals surface area contributed by atoms with Crippen LogP contribution in [-0.2, 0) is 0 Å². The van der Waals surface area contributed by atoms with Gasteiger partial charge in [-0.2, -0.15) is 5.10 Å². The summed E-state index contributed by atoms with van der Waals surface area (Å²) in [5, 5.41) is 8.10. The maximum Gasteiger partial charge on any atom is 0.191 e. The van der Waals surface area contributed by atoms with Crippen LogP contribution in [0.3, 0.4) is 0 Å². The van der Waals surface area contributed by atoms with E-state index in [-0.39, 0.29) is 0 Å². The molecule has 0 bridgehead atoms. The van der Waals surface area contributed by atoms with Crippen LogP contribution < -0.4 is 10.7 Å². The summed E-state index contributed by atoms with van der Waals surface area (Å²) in [6.07, 6.45) is 5.06. The van der Waals surface area contributed by atoms with E-state index in [1.54, 1.807) is 30.7 Å². The molecule has 2 aromatic rings. The van der Waals surface area contributed by atoms with E-state index in [0.717, 1.165) is 11.3 Å². The standard InChI is InChI=1S/C13H11ClN4S/c14-11-1-3-12(4-2-11)17-13(19)18-16-9-10-5-7-15-8-6-10/h1-9H,(H2,17,18,19)/b16-9+. The number of hydrazone groups is 1. The van der Waals surface area contributed by atoms with Gasteiger partial charge in [0.15, 0.2) is 5.11 Å². The maximum absolute atomic E-state index is 5.79. The van der Waals surface area contributed by atoms with Gasteiger partial charge in [-0.3, -0.25) is 10.4 Å². The zero-order valence-electron chi connectivity index (χ0n) is 9.88. The van der Waals surface area contributed by atoms with Crippen molar-refractivity contribution in [3.63, 3.8) is 0 Å². The topological polar surface area (TPSA) is 49.3 Å². The third-order valence-electron chi connectivity index (χ3n) is 2.19. The van der Waals surface area contributed by atoms with Crippen LogP contribution in [0.4, 0.5) is 5.69 Å². The quantitative estimate of drug-likeness (QED) is 0.518. The summed E-state index contributed by atoms with van der Waals surface area (Å²) in [4.78, 5) is 3.92. The van der Waals surface area contributed by atoms with Crippen molar-refractivity contribution in [3.05, 3.63) is 59.4 Å². The lowest BCUT2D eigenvalue weighted by Crippen LogP contribution is -2.23. The van der Waals surface area contributed by atoms with Crippen LogP contribution in [0.15, 0.2) is 53.9 Å². The largest absolute Gasteiger partial charge is 0.331 e. The molecule has 0 atom stereocenters. The first-order valence-electron chi connectivity index (χ1n) is 5.50. The average molecular weight is 291 g/mol. The van der Waals surface area contributed by atoms with Gasteiger partial charge in [0.05, 0.1) is 6.21 Å². The number of halogens is 1. The normalized spacial score (nSPS) is 10.4. The van der Waals surface area contributed by atoms with Gasteiger partial charge in [0.25, 0.3) is 0 Å². The molecule has 0 aliphatic carbocycles. The molecule has 19 heavy (non-hydrogen) atoms. The van der Waals surface area contributed by atoms with E-state index in [4.69, 9.17) is 23.8 Å². The molecule has 0 unspecified atom stereocenters. The molecule has 0 spiro atoms. The first-order chi connectivity index (χ1) is 9.24. The summed E-state index contributed by atoms with van der Waals surface area (Å²) in [6, 6.07) is 10.9. The Bertz CT molecular complexity index is 569. The van der Waals surface area contributed by atoms with Crippen LogP contribution >= 0.6 is 23.8 Å². The molecular weight excluding hydrogens is 280 g/mol. The van der Waals surface area contributed by atoms with Crippen LogP contribution in [0, 0.1) is 0 Å². The summed E-state index contributed by atoms with van der Waals surface area (Å²) in [5.74, 6) is 0. The van der Waals surface area contributed by atoms with Gasteiger partial charge >= 0.3 is 0 Å². The Morgan fingerprint density at radius 1 is 1.16 bits per heavy atom. The number of benzene rings is 1. The van der Waals surface area contributed by atoms with Gasteiger partial charge in [0.2, 0.25) is 0 Å². The number of nitrogens with zero attached hydrogens (tertiary/aromatic N) is 2. The number of nitrogens with one attached hydrogen (secondary N) is 2. The molecule has 0 amide bonds. The third kappa shape index (κ3) is 4.65. The van der Waals surface area contributed by atoms with Crippen molar-refractivity contribution in [1.29, 1.82) is 0 Å². The molecule has 2 rings (SSSR count). The minimum atomic E-state index is 0.410. The van der Waals surface area contributed by atoms with Crippen molar-refractivity contribution in [3.8, 4) is 0 Å². The highest BCUT2D eigenvalue weighted by atomic mass is 35.5. The second-order valence-electron chi connectivity index (χ2n) is 3.61. The Kier molecular flexibility index (Phi) is 4.83. The zero-order valence-corrected chi connectivity index (χ0v) is 11.4. The van der Waals surface area contributed by atoms with Gasteiger partial charge in [0.1, 0.15) is 0 Å². The van der Waals surface area contributed by atoms with Gasteiger partial charge in [-0.15, -0.1) is 0 Å². The number of hydrogen-bond donors (Lipinski definition) is 2. The molecule has 0 radical (unpaired) electrons. The van der Waals surface area contributed by atoms with Crippen molar-refractivity contribution < 1.29 is 0 Å². The molecule has 4 nitrogen and oxygen atoms in total. The number of aromatic nitrogens is 1. The van der Waals surface area contributed by atoms with E-state index in [1.807, 2.05) is 24.3 Å². The molecule has 0 fully saturated rings. The predicted octanol–water partition coefficient (Wildman–Crippen LogP) is 3.06. The fraction of sp³-hybridized carbons (Fsp3) is 0. The molecule has 1 heterocycles. The number of hydrogen-bond acceptors (Lipinski definition) is 3. The Labute approximate surface area is 121 Å². The van der Waals surface area contributed by atoms with Crippen LogP contribution in [0.5, 0.6) is 0 Å². The van der Waals surface area contributed by atoms with E-state index >= 15 is 0 Å². The van der Waals surface area contributed by atoms with Gasteiger partial charge in [-0.25, -0.2) is 0 Å². The van der Waals surface area contributed by atoms with Crippen molar-refractivity contribution in [2.24, 2.45) is 5.10 Å². The van der Waals surface area contributed by atoms with E-state index in [2.05, 4.69) is 20.8 Å². The molecule has 0 saturated carbocycles. The molecule has 2 N–H and O–H groups in total. The van der Waals surface area contributed by atoms with Crippen LogP contribution in [0.1, 0.15) is 5.56 Å². The Morgan fingerprint density at radius 3 is 2.53 bits per heavy atom. The molecular formula is C13H11ClN4S. The smallest absolute Gasteiger partial charge is 0.191 e. The number of thiocarbonyl (C=S) groups is 1. The SMILES string of the molecule is S=C(N/N=C/c1ccncc1)Nc1ccc(Cl)cc1. The number of rotatable bonds is 3. The Morgan fingerprint density at radius 2 is 1.84 bits per heavy atom. The van der Waals surface area contributed by atoms with Crippen LogP contribution in [-0.4, -0.2) is 16.3 Å². The minimum Gasteiger partial charge on any atom is -0.331 e. The summed E-state index contributed by atoms with van der Waals surface area (Å²) >= 11 is 10.9. The fourth-order valence-electron chi connectivity index (χ4n) is 1.31. The van der Waals surface area contributed by atoms with Gasteiger partial charge in [-0.1, -0.05) is 11.6 Å². The van der Waals surface area contributed by atoms with E-state index in [9.17, 15) is 0 Å². The molecule has 0 saturated heterocycles. The van der Waals surface area contributed by atoms with Crippen molar-refractivity contribution in [2.45, 2.75) is 0 Å². The fourth-order valence-corrected chi connectivity index (χ4v) is 1.60. The highest BCUT2D eigenvalue weighted by molar-refractivity contribution is 7.80. The second-order valence-corrected chi connectivity index (χ2v) is 4.46. The van der Waals surface area contributed by atoms with E-state index in [1.165, 1.54) is 0 Å². The minimum absolute atomic E-state index is 0.410. The van der Waals surface area contributed by atoms with Crippen LogP contribution in [0.25, 0.3) is 0 Å². The summed E-state index contributed by atoms with van der Waals surface area (Å²) in [5.41, 5.74) is 4.52. The van der Waals surface area contributed by atoms with E-state index in [0.29, 0.717) is 10.1 Å². The summed E-state index contributed by atoms with van der Waals surface area (Å²) < 4.78 is 0. The van der Waals surface area contributed by atoms with Gasteiger partial charge in [-0.05, 0) is 54.2 Å². The lowest BCUT2D eigenvalue weighted by Gasteiger charge is -2.06. The molecule has 6 heteroatoms. The number of pyridine rings is 1. The summed E-state index contributed by atoms with van der Waals surface area (Å²) in [7, 11) is 0. The lowest BCUT2D eigenvalue weighted by molar-refractivity contribution is 1.05. The summed E-state index contributed by atoms with van der Waals surface area (Å²) in [6.45, 7) is 0. The van der Waals surface area contributed by atoms with Crippen molar-refractivity contribution in [2.75, 3.05) is 5.32 Å². The second kappa shape index (κ2) is 6.82. The molecule has 96 valence electrons. The highest BCUT2D eigenvalue weighted by Crippen LogP contribution is 2.12. The predicted molar refractivity (Wildman–Crippen MR) is 82.6 cm³/mol. The molecule has 0 aliphatic rings. The zero-order chi connectivity index (χ0) is 13.5. The average Bonchev–Trinajstić information content (AvgIpc) is 2.43. The Balaban J connectivity index is 1.85. The monoisotopic (exact) mass is 290 g/mol. The van der Waals surface area contributed by atoms with Gasteiger partial charge < -0.3 is 5.32 Å². The molecule has 0 aliphatic heterocycles. The number of anilines is 1. The lowest BCUT2D eigenvalue weighted by atomic mass is 10.3. The first-order valence-corrected chi connectivity index (χ1v) is 6.28. The van der Waals surface area contributed by atoms with Crippen molar-refractivity contribution in [1.82, 2.24) is 10.4 Å². The third-order valence-corrected chi connectivity index (χ3v) is 2.63.